The molecule has 10 nitrogen and oxygen atoms in total. The van der Waals surface area contributed by atoms with Gasteiger partial charge in [-0.1, -0.05) is 6.08 Å². The van der Waals surface area contributed by atoms with E-state index in [9.17, 15) is 19.5 Å². The van der Waals surface area contributed by atoms with Crippen molar-refractivity contribution in [3.05, 3.63) is 45.6 Å². The lowest BCUT2D eigenvalue weighted by Gasteiger charge is -2.67. The molecule has 7 heterocycles. The van der Waals surface area contributed by atoms with Gasteiger partial charge in [0.15, 0.2) is 6.29 Å². The first kappa shape index (κ1) is 23.0. The summed E-state index contributed by atoms with van der Waals surface area (Å²) in [6.07, 6.45) is 0.972. The monoisotopic (exact) mass is 536 g/mol. The molecular formula is C29H28O10. The maximum absolute atomic E-state index is 14.0. The zero-order chi connectivity index (χ0) is 26.6. The molecule has 10 aliphatic rings. The quantitative estimate of drug-likeness (QED) is 0.273. The summed E-state index contributed by atoms with van der Waals surface area (Å²) < 4.78 is 36.2. The molecule has 0 amide bonds. The fourth-order valence-corrected chi connectivity index (χ4v) is 9.87. The van der Waals surface area contributed by atoms with E-state index >= 15 is 0 Å². The Morgan fingerprint density at radius 3 is 2.62 bits per heavy atom. The van der Waals surface area contributed by atoms with Gasteiger partial charge in [-0.3, -0.25) is 4.79 Å². The van der Waals surface area contributed by atoms with Crippen LogP contribution in [0.5, 0.6) is 0 Å². The number of aliphatic hydroxyl groups is 1. The molecule has 10 rings (SSSR count). The van der Waals surface area contributed by atoms with Crippen molar-refractivity contribution in [1.82, 2.24) is 0 Å². The standard InChI is InChI=1S/C29H28O10/c1-10-17-14-4-6-35-27(33)29(14)22(37-10)20-15-7-16-19-13(3-5-34-24(19)30)28(15,11(2)38-16)8-12-9-36-25(31)21(18(12)20)23(29)39-26(17)32/h4,8,10-11,15-17,20,22-23,26,32H,3,5-7,9H2,1-2H3/t10?,11?,15-,16+,17-,20-,22-,23+,26-,28+,29?/m0/s1. The van der Waals surface area contributed by atoms with Gasteiger partial charge in [0.1, 0.15) is 24.7 Å². The number of carbonyl (C=O) groups excluding carboxylic acids is 3. The molecule has 3 saturated heterocycles. The van der Waals surface area contributed by atoms with Gasteiger partial charge in [0, 0.05) is 17.8 Å². The number of ether oxygens (including phenoxy) is 6. The first-order valence-electron chi connectivity index (χ1n) is 13.9. The summed E-state index contributed by atoms with van der Waals surface area (Å²) in [5.41, 5.74) is 2.19. The molecule has 0 aromatic heterocycles. The Morgan fingerprint density at radius 1 is 0.949 bits per heavy atom. The van der Waals surface area contributed by atoms with Gasteiger partial charge >= 0.3 is 17.9 Å². The molecule has 7 aliphatic heterocycles. The van der Waals surface area contributed by atoms with E-state index in [0.717, 1.165) is 22.3 Å². The number of fused-ring (bicyclic) bond motifs is 3. The fraction of sp³-hybridized carbons (Fsp3) is 0.621. The van der Waals surface area contributed by atoms with E-state index in [0.29, 0.717) is 25.0 Å². The SMILES string of the molecule is CC1O[C@H]2[C@@H]3C4=C(C(=O)OCC4=C[C@@]45C6=C(C(=O)OCC6)[C@@H](C[C@@H]34)OC5C)[C@H]3O[C@H](O)[C@@H]1C1=CCOC(=O)C132. The normalized spacial score (nSPS) is 50.4. The number of cyclic esters (lactones) is 3. The zero-order valence-corrected chi connectivity index (χ0v) is 21.5. The molecule has 0 aromatic carbocycles. The van der Waals surface area contributed by atoms with Crippen LogP contribution >= 0.6 is 0 Å². The number of carbonyl (C=O) groups is 3. The molecule has 204 valence electrons. The lowest BCUT2D eigenvalue weighted by Crippen LogP contribution is -2.74. The second-order valence-corrected chi connectivity index (χ2v) is 12.2. The highest BCUT2D eigenvalue weighted by Gasteiger charge is 2.76. The number of rotatable bonds is 0. The number of hydrogen-bond acceptors (Lipinski definition) is 10. The Bertz CT molecular complexity index is 1420. The van der Waals surface area contributed by atoms with Crippen molar-refractivity contribution >= 4 is 17.9 Å². The van der Waals surface area contributed by atoms with Crippen molar-refractivity contribution < 1.29 is 47.9 Å². The summed E-state index contributed by atoms with van der Waals surface area (Å²) >= 11 is 0. The van der Waals surface area contributed by atoms with Gasteiger partial charge in [0.2, 0.25) is 0 Å². The van der Waals surface area contributed by atoms with Crippen molar-refractivity contribution in [2.75, 3.05) is 19.8 Å². The Hall–Kier alpha value is -2.79. The van der Waals surface area contributed by atoms with E-state index in [1.807, 2.05) is 19.9 Å². The lowest BCUT2D eigenvalue weighted by molar-refractivity contribution is -0.298. The first-order chi connectivity index (χ1) is 18.8. The molecule has 1 N–H and O–H groups in total. The van der Waals surface area contributed by atoms with E-state index in [1.54, 1.807) is 0 Å². The lowest BCUT2D eigenvalue weighted by atomic mass is 9.43. The number of esters is 3. The minimum Gasteiger partial charge on any atom is -0.462 e. The van der Waals surface area contributed by atoms with Crippen LogP contribution in [0.3, 0.4) is 0 Å². The minimum atomic E-state index is -1.42. The fourth-order valence-electron chi connectivity index (χ4n) is 9.87. The van der Waals surface area contributed by atoms with E-state index in [-0.39, 0.29) is 42.7 Å². The molecule has 3 unspecified atom stereocenters. The Morgan fingerprint density at radius 2 is 1.77 bits per heavy atom. The molecule has 0 saturated carbocycles. The third-order valence-corrected chi connectivity index (χ3v) is 11.1. The minimum absolute atomic E-state index is 0.0617. The summed E-state index contributed by atoms with van der Waals surface area (Å²) in [6.45, 7) is 4.39. The molecule has 0 radical (unpaired) electrons. The summed E-state index contributed by atoms with van der Waals surface area (Å²) in [6, 6.07) is 0. The van der Waals surface area contributed by atoms with Crippen LogP contribution < -0.4 is 0 Å². The van der Waals surface area contributed by atoms with Crippen LogP contribution in [0, 0.1) is 28.6 Å². The highest BCUT2D eigenvalue weighted by atomic mass is 16.6. The highest BCUT2D eigenvalue weighted by molar-refractivity contribution is 5.98. The van der Waals surface area contributed by atoms with E-state index in [4.69, 9.17) is 28.4 Å². The van der Waals surface area contributed by atoms with Crippen molar-refractivity contribution in [2.45, 2.75) is 63.5 Å². The number of aliphatic hydroxyl groups excluding tert-OH is 1. The summed E-state index contributed by atoms with van der Waals surface area (Å²) in [4.78, 5) is 40.5. The van der Waals surface area contributed by atoms with Crippen LogP contribution in [0.2, 0.25) is 0 Å². The van der Waals surface area contributed by atoms with Crippen LogP contribution in [0.1, 0.15) is 26.7 Å². The zero-order valence-electron chi connectivity index (χ0n) is 21.5. The molecule has 4 bridgehead atoms. The molecule has 3 aliphatic carbocycles. The Balaban J connectivity index is 1.37. The van der Waals surface area contributed by atoms with Crippen LogP contribution in [-0.4, -0.2) is 79.6 Å². The Labute approximate surface area is 223 Å². The molecule has 10 heteroatoms. The maximum atomic E-state index is 14.0. The molecule has 0 aromatic rings. The predicted octanol–water partition coefficient (Wildman–Crippen LogP) is 1.04. The molecule has 11 atom stereocenters. The van der Waals surface area contributed by atoms with Crippen LogP contribution in [0.25, 0.3) is 0 Å². The van der Waals surface area contributed by atoms with Gasteiger partial charge in [-0.05, 0) is 54.6 Å². The van der Waals surface area contributed by atoms with Crippen molar-refractivity contribution in [2.24, 2.45) is 28.6 Å². The average molecular weight is 537 g/mol. The van der Waals surface area contributed by atoms with E-state index in [1.165, 1.54) is 0 Å². The van der Waals surface area contributed by atoms with Crippen molar-refractivity contribution in [1.29, 1.82) is 0 Å². The summed E-state index contributed by atoms with van der Waals surface area (Å²) in [5.74, 6) is -2.42. The van der Waals surface area contributed by atoms with Crippen molar-refractivity contribution in [3.8, 4) is 0 Å². The average Bonchev–Trinajstić information content (AvgIpc) is 2.90. The van der Waals surface area contributed by atoms with Gasteiger partial charge in [-0.25, -0.2) is 9.59 Å². The van der Waals surface area contributed by atoms with Gasteiger partial charge in [0.25, 0.3) is 0 Å². The van der Waals surface area contributed by atoms with E-state index in [2.05, 4.69) is 6.08 Å². The third-order valence-electron chi connectivity index (χ3n) is 11.1. The van der Waals surface area contributed by atoms with Gasteiger partial charge in [0.05, 0.1) is 48.1 Å². The first-order valence-corrected chi connectivity index (χ1v) is 13.9. The van der Waals surface area contributed by atoms with Crippen LogP contribution in [0.4, 0.5) is 0 Å². The smallest absolute Gasteiger partial charge is 0.337 e. The number of hydrogen-bond donors (Lipinski definition) is 1. The highest BCUT2D eigenvalue weighted by Crippen LogP contribution is 2.70. The van der Waals surface area contributed by atoms with Crippen LogP contribution in [0.15, 0.2) is 45.6 Å². The van der Waals surface area contributed by atoms with Gasteiger partial charge < -0.3 is 33.5 Å². The third kappa shape index (κ3) is 2.33. The second kappa shape index (κ2) is 7.09. The summed E-state index contributed by atoms with van der Waals surface area (Å²) in [7, 11) is 0. The second-order valence-electron chi connectivity index (χ2n) is 12.2. The molecular weight excluding hydrogens is 508 g/mol. The van der Waals surface area contributed by atoms with Gasteiger partial charge in [-0.2, -0.15) is 0 Å². The van der Waals surface area contributed by atoms with Crippen LogP contribution in [-0.2, 0) is 42.8 Å². The molecule has 39 heavy (non-hydrogen) atoms. The predicted molar refractivity (Wildman–Crippen MR) is 127 cm³/mol. The largest absolute Gasteiger partial charge is 0.462 e. The molecule has 2 spiro atoms. The van der Waals surface area contributed by atoms with Gasteiger partial charge in [-0.15, -0.1) is 0 Å². The molecule has 3 fully saturated rings. The Kier molecular flexibility index (Phi) is 4.18. The maximum Gasteiger partial charge on any atom is 0.337 e. The van der Waals surface area contributed by atoms with Crippen molar-refractivity contribution in [3.63, 3.8) is 0 Å². The topological polar surface area (TPSA) is 127 Å². The summed E-state index contributed by atoms with van der Waals surface area (Å²) in [5, 5.41) is 11.1. The van der Waals surface area contributed by atoms with E-state index < -0.39 is 59.4 Å².